The smallest absolute Gasteiger partial charge is 0.0456 e. The third kappa shape index (κ3) is 4.24. The molecule has 0 bridgehead atoms. The molecule has 0 aliphatic heterocycles. The van der Waals surface area contributed by atoms with E-state index in [4.69, 9.17) is 5.73 Å². The van der Waals surface area contributed by atoms with E-state index in [0.29, 0.717) is 12.3 Å². The molecular weight excluding hydrogens is 89.1 g/mol. The first-order valence-corrected chi connectivity index (χ1v) is 2.24. The van der Waals surface area contributed by atoms with E-state index in [2.05, 4.69) is 0 Å². The second kappa shape index (κ2) is 4.24. The summed E-state index contributed by atoms with van der Waals surface area (Å²) >= 11 is 0.277. The van der Waals surface area contributed by atoms with Gasteiger partial charge in [-0.25, -0.2) is 0 Å². The summed E-state index contributed by atoms with van der Waals surface area (Å²) in [6, 6.07) is 0. The van der Waals surface area contributed by atoms with Crippen LogP contribution in [0.1, 0.15) is 0 Å². The van der Waals surface area contributed by atoms with Crippen molar-refractivity contribution in [3.05, 3.63) is 0 Å². The first kappa shape index (κ1) is 5.24. The molecule has 0 spiro atoms. The minimum absolute atomic E-state index is 0.277. The zero-order chi connectivity index (χ0) is 4.12. The number of nitrogens with two attached hydrogens (primary N) is 1. The number of rotatable bonds is 2. The molecule has 0 atom stereocenters. The Balaban J connectivity index is 2.19. The van der Waals surface area contributed by atoms with Crippen LogP contribution in [0, 0.1) is 0 Å². The van der Waals surface area contributed by atoms with Gasteiger partial charge in [-0.1, -0.05) is 0 Å². The second-order valence-electron chi connectivity index (χ2n) is 0.602. The van der Waals surface area contributed by atoms with Crippen LogP contribution in [0.25, 0.3) is 0 Å². The molecule has 1 nitrogen and oxygen atoms in total. The van der Waals surface area contributed by atoms with Crippen LogP contribution >= 0.6 is 12.1 Å². The van der Waals surface area contributed by atoms with E-state index in [1.807, 2.05) is 0 Å². The molecule has 0 heterocycles. The standard InChI is InChI=1S/C2H6FNS/c3-5-2-1-4/h1-2,4H2. The van der Waals surface area contributed by atoms with Gasteiger partial charge in [-0.05, 0) is 0 Å². The van der Waals surface area contributed by atoms with Crippen LogP contribution in [0.15, 0.2) is 0 Å². The maximum atomic E-state index is 10.8. The van der Waals surface area contributed by atoms with Crippen molar-refractivity contribution < 1.29 is 3.89 Å². The Labute approximate surface area is 35.0 Å². The summed E-state index contributed by atoms with van der Waals surface area (Å²) in [4.78, 5) is 0. The Kier molecular flexibility index (Phi) is 4.44. The van der Waals surface area contributed by atoms with Gasteiger partial charge in [0.2, 0.25) is 0 Å². The summed E-state index contributed by atoms with van der Waals surface area (Å²) in [5, 5.41) is 0. The molecule has 2 N–H and O–H groups in total. The second-order valence-corrected chi connectivity index (χ2v) is 1.23. The predicted molar refractivity (Wildman–Crippen MR) is 22.6 cm³/mol. The van der Waals surface area contributed by atoms with Crippen LogP contribution in [0.3, 0.4) is 0 Å². The Hall–Kier alpha value is 0.240. The third-order valence-corrected chi connectivity index (χ3v) is 0.585. The van der Waals surface area contributed by atoms with Crippen molar-refractivity contribution in [2.45, 2.75) is 0 Å². The van der Waals surface area contributed by atoms with Crippen LogP contribution in [0.2, 0.25) is 0 Å². The fourth-order valence-electron chi connectivity index (χ4n) is 0.0445. The molecule has 0 fully saturated rings. The fraction of sp³-hybridized carbons (Fsp3) is 1.00. The normalized spacial score (nSPS) is 8.40. The first-order chi connectivity index (χ1) is 2.41. The Bertz CT molecular complexity index is 17.1. The minimum Gasteiger partial charge on any atom is -0.330 e. The quantitative estimate of drug-likeness (QED) is 0.542. The molecule has 0 saturated carbocycles. The van der Waals surface area contributed by atoms with Crippen molar-refractivity contribution in [3.63, 3.8) is 0 Å². The Morgan fingerprint density at radius 2 is 2.40 bits per heavy atom. The van der Waals surface area contributed by atoms with Crippen molar-refractivity contribution >= 4 is 12.1 Å². The summed E-state index contributed by atoms with van der Waals surface area (Å²) in [5.41, 5.74) is 4.88. The molecule has 0 aromatic heterocycles. The third-order valence-electron chi connectivity index (χ3n) is 0.195. The molecule has 0 radical (unpaired) electrons. The van der Waals surface area contributed by atoms with Crippen molar-refractivity contribution in [1.82, 2.24) is 0 Å². The lowest BCUT2D eigenvalue weighted by Gasteiger charge is -1.76. The van der Waals surface area contributed by atoms with Gasteiger partial charge in [0.25, 0.3) is 0 Å². The maximum Gasteiger partial charge on any atom is 0.0456 e. The SMILES string of the molecule is NCCSF. The molecule has 0 rings (SSSR count). The molecule has 0 amide bonds. The molecule has 5 heavy (non-hydrogen) atoms. The summed E-state index contributed by atoms with van der Waals surface area (Å²) in [5.74, 6) is 0.417. The molecule has 0 aliphatic carbocycles. The highest BCUT2D eigenvalue weighted by Gasteiger charge is 1.72. The molecular formula is C2H6FNS. The summed E-state index contributed by atoms with van der Waals surface area (Å²) in [6.45, 7) is 0.432. The Morgan fingerprint density at radius 3 is 2.40 bits per heavy atom. The van der Waals surface area contributed by atoms with E-state index in [-0.39, 0.29) is 12.1 Å². The van der Waals surface area contributed by atoms with E-state index in [1.54, 1.807) is 0 Å². The number of halogens is 1. The zero-order valence-electron chi connectivity index (χ0n) is 2.78. The van der Waals surface area contributed by atoms with Gasteiger partial charge in [-0.2, -0.15) is 3.89 Å². The van der Waals surface area contributed by atoms with Crippen molar-refractivity contribution in [2.24, 2.45) is 5.73 Å². The minimum atomic E-state index is 0.277. The van der Waals surface area contributed by atoms with E-state index >= 15 is 0 Å². The van der Waals surface area contributed by atoms with E-state index in [0.717, 1.165) is 0 Å². The summed E-state index contributed by atoms with van der Waals surface area (Å²) < 4.78 is 10.8. The summed E-state index contributed by atoms with van der Waals surface area (Å²) in [7, 11) is 0. The van der Waals surface area contributed by atoms with Crippen LogP contribution in [-0.2, 0) is 0 Å². The molecule has 0 aromatic carbocycles. The van der Waals surface area contributed by atoms with E-state index in [1.165, 1.54) is 0 Å². The first-order valence-electron chi connectivity index (χ1n) is 1.35. The van der Waals surface area contributed by atoms with Gasteiger partial charge in [0.15, 0.2) is 0 Å². The van der Waals surface area contributed by atoms with Crippen LogP contribution < -0.4 is 5.73 Å². The highest BCUT2D eigenvalue weighted by molar-refractivity contribution is 7.94. The highest BCUT2D eigenvalue weighted by atomic mass is 32.2. The number of hydrogen-bond donors (Lipinski definition) is 1. The van der Waals surface area contributed by atoms with Crippen LogP contribution in [-0.4, -0.2) is 12.3 Å². The fourth-order valence-corrected chi connectivity index (χ4v) is 0.134. The lowest BCUT2D eigenvalue weighted by atomic mass is 10.8. The molecule has 3 heteroatoms. The van der Waals surface area contributed by atoms with E-state index < -0.39 is 0 Å². The van der Waals surface area contributed by atoms with Crippen LogP contribution in [0.4, 0.5) is 3.89 Å². The monoisotopic (exact) mass is 95.0 g/mol. The highest BCUT2D eigenvalue weighted by Crippen LogP contribution is 1.94. The molecule has 0 aliphatic rings. The van der Waals surface area contributed by atoms with Gasteiger partial charge in [0.1, 0.15) is 0 Å². The van der Waals surface area contributed by atoms with E-state index in [9.17, 15) is 3.89 Å². The van der Waals surface area contributed by atoms with Gasteiger partial charge >= 0.3 is 0 Å². The molecule has 32 valence electrons. The Morgan fingerprint density at radius 1 is 1.80 bits per heavy atom. The van der Waals surface area contributed by atoms with Gasteiger partial charge < -0.3 is 5.73 Å². The maximum absolute atomic E-state index is 10.8. The average molecular weight is 95.1 g/mol. The van der Waals surface area contributed by atoms with Crippen molar-refractivity contribution in [1.29, 1.82) is 0 Å². The topological polar surface area (TPSA) is 26.0 Å². The van der Waals surface area contributed by atoms with Gasteiger partial charge in [-0.15, -0.1) is 0 Å². The lowest BCUT2D eigenvalue weighted by Crippen LogP contribution is -1.99. The van der Waals surface area contributed by atoms with Gasteiger partial charge in [-0.3, -0.25) is 0 Å². The average Bonchev–Trinajstić information content (AvgIpc) is 1.41. The zero-order valence-corrected chi connectivity index (χ0v) is 3.59. The largest absolute Gasteiger partial charge is 0.330 e. The predicted octanol–water partition coefficient (Wildman–Crippen LogP) is 0.563. The number of hydrogen-bond acceptors (Lipinski definition) is 2. The molecule has 0 unspecified atom stereocenters. The molecule has 0 saturated heterocycles. The lowest BCUT2D eigenvalue weighted by molar-refractivity contribution is 0.928. The van der Waals surface area contributed by atoms with Crippen molar-refractivity contribution in [2.75, 3.05) is 12.3 Å². The summed E-state index contributed by atoms with van der Waals surface area (Å²) in [6.07, 6.45) is 0. The van der Waals surface area contributed by atoms with Crippen molar-refractivity contribution in [3.8, 4) is 0 Å². The van der Waals surface area contributed by atoms with Gasteiger partial charge in [0, 0.05) is 24.4 Å². The molecule has 0 aromatic rings. The van der Waals surface area contributed by atoms with Gasteiger partial charge in [0.05, 0.1) is 0 Å². The van der Waals surface area contributed by atoms with Crippen LogP contribution in [0.5, 0.6) is 0 Å².